The average molecular weight is 286 g/mol. The van der Waals surface area contributed by atoms with E-state index in [-0.39, 0.29) is 5.75 Å². The van der Waals surface area contributed by atoms with Crippen LogP contribution in [0.5, 0.6) is 0 Å². The minimum absolute atomic E-state index is 0.207. The van der Waals surface area contributed by atoms with Gasteiger partial charge in [-0.3, -0.25) is 4.55 Å². The summed E-state index contributed by atoms with van der Waals surface area (Å²) in [4.78, 5) is 2.11. The van der Waals surface area contributed by atoms with Crippen LogP contribution < -0.4 is 10.6 Å². The summed E-state index contributed by atoms with van der Waals surface area (Å²) >= 11 is 0. The van der Waals surface area contributed by atoms with E-state index in [2.05, 4.69) is 11.8 Å². The van der Waals surface area contributed by atoms with E-state index >= 15 is 0 Å². The third-order valence-electron chi connectivity index (χ3n) is 2.94. The first-order valence-electron chi connectivity index (χ1n) is 6.39. The van der Waals surface area contributed by atoms with E-state index in [1.54, 1.807) is 0 Å². The average Bonchev–Trinajstić information content (AvgIpc) is 2.30. The lowest BCUT2D eigenvalue weighted by molar-refractivity contribution is 0.481. The molecule has 0 bridgehead atoms. The fraction of sp³-hybridized carbons (Fsp3) is 0.538. The molecule has 0 fully saturated rings. The molecule has 1 rings (SSSR count). The van der Waals surface area contributed by atoms with Gasteiger partial charge in [-0.15, -0.1) is 0 Å². The Morgan fingerprint density at radius 3 is 2.53 bits per heavy atom. The summed E-state index contributed by atoms with van der Waals surface area (Å²) in [5.74, 6) is -0.207. The maximum Gasteiger partial charge on any atom is 0.264 e. The Bertz CT molecular complexity index is 515. The number of hydrogen-bond donors (Lipinski definition) is 2. The van der Waals surface area contributed by atoms with Gasteiger partial charge in [0.05, 0.1) is 5.75 Å². The number of hydrogen-bond acceptors (Lipinski definition) is 4. The minimum Gasteiger partial charge on any atom is -0.399 e. The second-order valence-electron chi connectivity index (χ2n) is 4.67. The van der Waals surface area contributed by atoms with Crippen molar-refractivity contribution in [1.29, 1.82) is 0 Å². The fourth-order valence-corrected chi connectivity index (χ4v) is 2.43. The summed E-state index contributed by atoms with van der Waals surface area (Å²) in [5.41, 5.74) is 8.58. The highest BCUT2D eigenvalue weighted by Gasteiger charge is 2.09. The van der Waals surface area contributed by atoms with Gasteiger partial charge < -0.3 is 10.6 Å². The van der Waals surface area contributed by atoms with Crippen LogP contribution in [0.2, 0.25) is 0 Å². The Hall–Kier alpha value is -1.27. The summed E-state index contributed by atoms with van der Waals surface area (Å²) in [7, 11) is -3.88. The standard InChI is InChI=1S/C13H22N2O3S/c1-3-7-15(8-4-9-19(16,17)18)12-5-6-13(14)11(2)10-12/h5-6,10H,3-4,7-9,14H2,1-2H3,(H,16,17,18). The summed E-state index contributed by atoms with van der Waals surface area (Å²) in [6.07, 6.45) is 1.37. The first-order chi connectivity index (χ1) is 8.83. The number of nitrogen functional groups attached to an aromatic ring is 1. The van der Waals surface area contributed by atoms with Crippen LogP contribution in [0.25, 0.3) is 0 Å². The predicted molar refractivity (Wildman–Crippen MR) is 79.1 cm³/mol. The van der Waals surface area contributed by atoms with E-state index in [0.717, 1.165) is 29.9 Å². The van der Waals surface area contributed by atoms with Gasteiger partial charge in [0, 0.05) is 24.5 Å². The molecule has 0 saturated heterocycles. The van der Waals surface area contributed by atoms with Crippen molar-refractivity contribution in [1.82, 2.24) is 0 Å². The molecule has 0 aliphatic carbocycles. The Morgan fingerprint density at radius 2 is 2.00 bits per heavy atom. The van der Waals surface area contributed by atoms with Crippen LogP contribution in [-0.4, -0.2) is 31.8 Å². The highest BCUT2D eigenvalue weighted by molar-refractivity contribution is 7.85. The van der Waals surface area contributed by atoms with Crippen LogP contribution in [0.1, 0.15) is 25.3 Å². The molecule has 19 heavy (non-hydrogen) atoms. The van der Waals surface area contributed by atoms with Crippen LogP contribution in [0.4, 0.5) is 11.4 Å². The first-order valence-corrected chi connectivity index (χ1v) is 8.00. The van der Waals surface area contributed by atoms with Gasteiger partial charge in [-0.25, -0.2) is 0 Å². The van der Waals surface area contributed by atoms with Crippen LogP contribution in [0, 0.1) is 6.92 Å². The van der Waals surface area contributed by atoms with Gasteiger partial charge in [0.25, 0.3) is 10.1 Å². The van der Waals surface area contributed by atoms with E-state index in [1.165, 1.54) is 0 Å². The van der Waals surface area contributed by atoms with Gasteiger partial charge in [0.1, 0.15) is 0 Å². The molecule has 0 aliphatic heterocycles. The molecular formula is C13H22N2O3S. The third-order valence-corrected chi connectivity index (χ3v) is 3.75. The summed E-state index contributed by atoms with van der Waals surface area (Å²) in [6.45, 7) is 5.45. The second kappa shape index (κ2) is 6.77. The van der Waals surface area contributed by atoms with Crippen molar-refractivity contribution < 1.29 is 13.0 Å². The van der Waals surface area contributed by atoms with Crippen molar-refractivity contribution in [2.75, 3.05) is 29.5 Å². The van der Waals surface area contributed by atoms with Crippen molar-refractivity contribution in [3.05, 3.63) is 23.8 Å². The van der Waals surface area contributed by atoms with Crippen LogP contribution >= 0.6 is 0 Å². The summed E-state index contributed by atoms with van der Waals surface area (Å²) in [5, 5.41) is 0. The van der Waals surface area contributed by atoms with E-state index in [9.17, 15) is 8.42 Å². The smallest absolute Gasteiger partial charge is 0.264 e. The van der Waals surface area contributed by atoms with Crippen molar-refractivity contribution in [3.63, 3.8) is 0 Å². The zero-order valence-corrected chi connectivity index (χ0v) is 12.3. The molecule has 0 radical (unpaired) electrons. The van der Waals surface area contributed by atoms with Gasteiger partial charge in [0.2, 0.25) is 0 Å². The minimum atomic E-state index is -3.88. The molecule has 1 aromatic carbocycles. The van der Waals surface area contributed by atoms with E-state index in [4.69, 9.17) is 10.3 Å². The Labute approximate surface area is 115 Å². The number of rotatable bonds is 7. The van der Waals surface area contributed by atoms with Crippen molar-refractivity contribution >= 4 is 21.5 Å². The molecule has 108 valence electrons. The van der Waals surface area contributed by atoms with Crippen LogP contribution in [-0.2, 0) is 10.1 Å². The first kappa shape index (κ1) is 15.8. The lowest BCUT2D eigenvalue weighted by Crippen LogP contribution is -2.27. The quantitative estimate of drug-likeness (QED) is 0.592. The number of nitrogens with zero attached hydrogens (tertiary/aromatic N) is 1. The van der Waals surface area contributed by atoms with Crippen molar-refractivity contribution in [3.8, 4) is 0 Å². The van der Waals surface area contributed by atoms with Gasteiger partial charge in [-0.2, -0.15) is 8.42 Å². The fourth-order valence-electron chi connectivity index (χ4n) is 1.93. The number of aryl methyl sites for hydroxylation is 1. The van der Waals surface area contributed by atoms with Gasteiger partial charge in [0.15, 0.2) is 0 Å². The highest BCUT2D eigenvalue weighted by atomic mass is 32.2. The highest BCUT2D eigenvalue weighted by Crippen LogP contribution is 2.21. The maximum atomic E-state index is 10.7. The second-order valence-corrected chi connectivity index (χ2v) is 6.24. The van der Waals surface area contributed by atoms with Crippen LogP contribution in [0.3, 0.4) is 0 Å². The lowest BCUT2D eigenvalue weighted by atomic mass is 10.1. The molecule has 0 amide bonds. The molecule has 0 unspecified atom stereocenters. The zero-order chi connectivity index (χ0) is 14.5. The normalized spacial score (nSPS) is 11.5. The lowest BCUT2D eigenvalue weighted by Gasteiger charge is -2.24. The molecule has 3 N–H and O–H groups in total. The summed E-state index contributed by atoms with van der Waals surface area (Å²) < 4.78 is 30.2. The largest absolute Gasteiger partial charge is 0.399 e. The SMILES string of the molecule is CCCN(CCCS(=O)(=O)O)c1ccc(N)c(C)c1. The number of nitrogens with two attached hydrogens (primary N) is 1. The molecule has 0 atom stereocenters. The molecular weight excluding hydrogens is 264 g/mol. The summed E-state index contributed by atoms with van der Waals surface area (Å²) in [6, 6.07) is 5.79. The third kappa shape index (κ3) is 5.48. The van der Waals surface area contributed by atoms with E-state index in [0.29, 0.717) is 13.0 Å². The Kier molecular flexibility index (Phi) is 5.62. The molecule has 0 heterocycles. The molecule has 1 aromatic rings. The van der Waals surface area contributed by atoms with E-state index < -0.39 is 10.1 Å². The Balaban J connectivity index is 2.73. The molecule has 0 saturated carbocycles. The molecule has 0 aromatic heterocycles. The zero-order valence-electron chi connectivity index (χ0n) is 11.5. The molecule has 0 aliphatic rings. The van der Waals surface area contributed by atoms with Gasteiger partial charge in [-0.05, 0) is 43.5 Å². The maximum absolute atomic E-state index is 10.7. The Morgan fingerprint density at radius 1 is 1.32 bits per heavy atom. The number of anilines is 2. The van der Waals surface area contributed by atoms with Crippen molar-refractivity contribution in [2.45, 2.75) is 26.7 Å². The van der Waals surface area contributed by atoms with Crippen LogP contribution in [0.15, 0.2) is 18.2 Å². The van der Waals surface area contributed by atoms with Gasteiger partial charge in [-0.1, -0.05) is 6.92 Å². The van der Waals surface area contributed by atoms with E-state index in [1.807, 2.05) is 25.1 Å². The monoisotopic (exact) mass is 286 g/mol. The van der Waals surface area contributed by atoms with Gasteiger partial charge >= 0.3 is 0 Å². The van der Waals surface area contributed by atoms with Crippen molar-refractivity contribution in [2.24, 2.45) is 0 Å². The number of benzene rings is 1. The predicted octanol–water partition coefficient (Wildman–Crippen LogP) is 2.07. The molecule has 0 spiro atoms. The topological polar surface area (TPSA) is 83.6 Å². The molecule has 6 heteroatoms. The molecule has 5 nitrogen and oxygen atoms in total.